The fourth-order valence-electron chi connectivity index (χ4n) is 3.54. The Hall–Kier alpha value is -1.88. The van der Waals surface area contributed by atoms with Crippen molar-refractivity contribution in [3.63, 3.8) is 0 Å². The lowest BCUT2D eigenvalue weighted by atomic mass is 9.91. The van der Waals surface area contributed by atoms with Gasteiger partial charge in [0.15, 0.2) is 0 Å². The molecule has 0 bridgehead atoms. The van der Waals surface area contributed by atoms with Crippen LogP contribution in [0.2, 0.25) is 0 Å². The maximum absolute atomic E-state index is 12.9. The van der Waals surface area contributed by atoms with E-state index in [1.165, 1.54) is 5.56 Å². The third-order valence-electron chi connectivity index (χ3n) is 5.04. The van der Waals surface area contributed by atoms with E-state index in [0.29, 0.717) is 25.9 Å². The third kappa shape index (κ3) is 5.85. The topological polar surface area (TPSA) is 75.4 Å². The van der Waals surface area contributed by atoms with Crippen LogP contribution >= 0.6 is 0 Å². The quantitative estimate of drug-likeness (QED) is 0.760. The molecule has 0 radical (unpaired) electrons. The van der Waals surface area contributed by atoms with Gasteiger partial charge in [-0.15, -0.1) is 0 Å². The van der Waals surface area contributed by atoms with E-state index in [0.717, 1.165) is 32.2 Å². The van der Waals surface area contributed by atoms with Crippen LogP contribution in [0.3, 0.4) is 0 Å². The van der Waals surface area contributed by atoms with Gasteiger partial charge in [-0.3, -0.25) is 9.59 Å². The van der Waals surface area contributed by atoms with Crippen LogP contribution < -0.4 is 11.1 Å². The molecule has 2 unspecified atom stereocenters. The predicted molar refractivity (Wildman–Crippen MR) is 100 cm³/mol. The number of likely N-dealkylation sites (tertiary alicyclic amines) is 1. The summed E-state index contributed by atoms with van der Waals surface area (Å²) >= 11 is 0. The number of benzene rings is 1. The fraction of sp³-hybridized carbons (Fsp3) is 0.600. The Bertz CT molecular complexity index is 547. The van der Waals surface area contributed by atoms with Crippen LogP contribution in [-0.4, -0.2) is 42.4 Å². The van der Waals surface area contributed by atoms with Crippen LogP contribution in [0, 0.1) is 0 Å². The second-order valence-corrected chi connectivity index (χ2v) is 6.80. The standard InChI is InChI=1S/C20H31N3O2/c1-2-16(17-8-4-3-5-9-17)14-20(25)23-13-7-6-10-18(23)15-22-19(24)11-12-21/h3-5,8-9,16,18H,2,6-7,10-15,21H2,1H3,(H,22,24). The zero-order valence-electron chi connectivity index (χ0n) is 15.2. The first-order chi connectivity index (χ1) is 12.2. The normalized spacial score (nSPS) is 18.6. The molecule has 5 nitrogen and oxygen atoms in total. The van der Waals surface area contributed by atoms with Crippen LogP contribution in [0.25, 0.3) is 0 Å². The number of nitrogens with two attached hydrogens (primary N) is 1. The second kappa shape index (κ2) is 10.2. The molecule has 0 spiro atoms. The van der Waals surface area contributed by atoms with Crippen molar-refractivity contribution in [2.24, 2.45) is 5.73 Å². The number of nitrogens with zero attached hydrogens (tertiary/aromatic N) is 1. The Balaban J connectivity index is 1.95. The molecule has 138 valence electrons. The molecule has 5 heteroatoms. The smallest absolute Gasteiger partial charge is 0.223 e. The Labute approximate surface area is 151 Å². The Morgan fingerprint density at radius 1 is 1.28 bits per heavy atom. The summed E-state index contributed by atoms with van der Waals surface area (Å²) in [4.78, 5) is 26.6. The van der Waals surface area contributed by atoms with Crippen LogP contribution in [0.4, 0.5) is 0 Å². The summed E-state index contributed by atoms with van der Waals surface area (Å²) in [6, 6.07) is 10.4. The number of carbonyl (C=O) groups is 2. The molecule has 1 saturated heterocycles. The summed E-state index contributed by atoms with van der Waals surface area (Å²) in [7, 11) is 0. The average molecular weight is 345 g/mol. The molecule has 0 aromatic heterocycles. The van der Waals surface area contributed by atoms with Gasteiger partial charge in [0.1, 0.15) is 0 Å². The Kier molecular flexibility index (Phi) is 7.92. The predicted octanol–water partition coefficient (Wildman–Crippen LogP) is 2.42. The molecule has 2 rings (SSSR count). The first-order valence-corrected chi connectivity index (χ1v) is 9.46. The largest absolute Gasteiger partial charge is 0.354 e. The molecule has 2 amide bonds. The number of carbonyl (C=O) groups excluding carboxylic acids is 2. The Morgan fingerprint density at radius 3 is 2.72 bits per heavy atom. The van der Waals surface area contributed by atoms with Crippen molar-refractivity contribution in [3.8, 4) is 0 Å². The summed E-state index contributed by atoms with van der Waals surface area (Å²) in [5.41, 5.74) is 6.64. The highest BCUT2D eigenvalue weighted by Gasteiger charge is 2.28. The number of rotatable bonds is 8. The van der Waals surface area contributed by atoms with Crippen LogP contribution in [0.5, 0.6) is 0 Å². The molecule has 3 N–H and O–H groups in total. The van der Waals surface area contributed by atoms with Crippen molar-refractivity contribution in [1.29, 1.82) is 0 Å². The molecule has 1 heterocycles. The fourth-order valence-corrected chi connectivity index (χ4v) is 3.54. The van der Waals surface area contributed by atoms with E-state index in [4.69, 9.17) is 5.73 Å². The number of hydrogen-bond donors (Lipinski definition) is 2. The lowest BCUT2D eigenvalue weighted by Crippen LogP contribution is -2.49. The van der Waals surface area contributed by atoms with Crippen LogP contribution in [-0.2, 0) is 9.59 Å². The molecule has 0 aliphatic carbocycles. The van der Waals surface area contributed by atoms with Crippen LogP contribution in [0.1, 0.15) is 56.9 Å². The number of hydrogen-bond acceptors (Lipinski definition) is 3. The van der Waals surface area contributed by atoms with Crippen molar-refractivity contribution in [1.82, 2.24) is 10.2 Å². The van der Waals surface area contributed by atoms with Crippen molar-refractivity contribution < 1.29 is 9.59 Å². The monoisotopic (exact) mass is 345 g/mol. The lowest BCUT2D eigenvalue weighted by Gasteiger charge is -2.36. The van der Waals surface area contributed by atoms with E-state index in [-0.39, 0.29) is 23.8 Å². The highest BCUT2D eigenvalue weighted by atomic mass is 16.2. The van der Waals surface area contributed by atoms with E-state index in [9.17, 15) is 9.59 Å². The van der Waals surface area contributed by atoms with E-state index < -0.39 is 0 Å². The van der Waals surface area contributed by atoms with E-state index >= 15 is 0 Å². The molecular weight excluding hydrogens is 314 g/mol. The molecule has 1 aliphatic rings. The molecule has 1 aromatic rings. The maximum Gasteiger partial charge on any atom is 0.223 e. The zero-order valence-corrected chi connectivity index (χ0v) is 15.2. The highest BCUT2D eigenvalue weighted by molar-refractivity contribution is 5.78. The maximum atomic E-state index is 12.9. The van der Waals surface area contributed by atoms with Gasteiger partial charge < -0.3 is 16.0 Å². The molecule has 0 saturated carbocycles. The SMILES string of the molecule is CCC(CC(=O)N1CCCCC1CNC(=O)CCN)c1ccccc1. The van der Waals surface area contributed by atoms with Gasteiger partial charge in [-0.1, -0.05) is 37.3 Å². The molecule has 1 aromatic carbocycles. The van der Waals surface area contributed by atoms with Crippen molar-refractivity contribution in [2.75, 3.05) is 19.6 Å². The minimum Gasteiger partial charge on any atom is -0.354 e. The molecule has 2 atom stereocenters. The van der Waals surface area contributed by atoms with Gasteiger partial charge >= 0.3 is 0 Å². The summed E-state index contributed by atoms with van der Waals surface area (Å²) in [5, 5.41) is 2.92. The first kappa shape index (κ1) is 19.4. The minimum absolute atomic E-state index is 0.0313. The van der Waals surface area contributed by atoms with Gasteiger partial charge in [-0.25, -0.2) is 0 Å². The molecule has 25 heavy (non-hydrogen) atoms. The summed E-state index contributed by atoms with van der Waals surface area (Å²) < 4.78 is 0. The van der Waals surface area contributed by atoms with Gasteiger partial charge in [0.2, 0.25) is 11.8 Å². The van der Waals surface area contributed by atoms with E-state index in [1.54, 1.807) is 0 Å². The number of piperidine rings is 1. The molecular formula is C20H31N3O2. The van der Waals surface area contributed by atoms with Crippen molar-refractivity contribution >= 4 is 11.8 Å². The van der Waals surface area contributed by atoms with E-state index in [1.807, 2.05) is 23.1 Å². The van der Waals surface area contributed by atoms with Gasteiger partial charge in [0.25, 0.3) is 0 Å². The molecule has 1 aliphatic heterocycles. The van der Waals surface area contributed by atoms with Gasteiger partial charge in [0.05, 0.1) is 0 Å². The van der Waals surface area contributed by atoms with Gasteiger partial charge in [-0.2, -0.15) is 0 Å². The van der Waals surface area contributed by atoms with Crippen molar-refractivity contribution in [2.45, 2.75) is 57.4 Å². The summed E-state index contributed by atoms with van der Waals surface area (Å²) in [5.74, 6) is 0.424. The third-order valence-corrected chi connectivity index (χ3v) is 5.04. The van der Waals surface area contributed by atoms with Crippen LogP contribution in [0.15, 0.2) is 30.3 Å². The highest BCUT2D eigenvalue weighted by Crippen LogP contribution is 2.26. The molecule has 1 fully saturated rings. The minimum atomic E-state index is -0.0313. The summed E-state index contributed by atoms with van der Waals surface area (Å²) in [6.07, 6.45) is 4.93. The van der Waals surface area contributed by atoms with E-state index in [2.05, 4.69) is 24.4 Å². The zero-order chi connectivity index (χ0) is 18.1. The first-order valence-electron chi connectivity index (χ1n) is 9.46. The van der Waals surface area contributed by atoms with Gasteiger partial charge in [0, 0.05) is 38.5 Å². The number of amides is 2. The number of nitrogens with one attached hydrogen (secondary N) is 1. The summed E-state index contributed by atoms with van der Waals surface area (Å²) in [6.45, 7) is 3.81. The second-order valence-electron chi connectivity index (χ2n) is 6.80. The Morgan fingerprint density at radius 2 is 2.04 bits per heavy atom. The van der Waals surface area contributed by atoms with Gasteiger partial charge in [-0.05, 0) is 37.2 Å². The average Bonchev–Trinajstić information content (AvgIpc) is 2.65. The lowest BCUT2D eigenvalue weighted by molar-refractivity contribution is -0.136. The van der Waals surface area contributed by atoms with Crippen molar-refractivity contribution in [3.05, 3.63) is 35.9 Å².